The van der Waals surface area contributed by atoms with E-state index in [4.69, 9.17) is 9.47 Å². The van der Waals surface area contributed by atoms with Gasteiger partial charge in [-0.25, -0.2) is 0 Å². The molecule has 0 unspecified atom stereocenters. The molecule has 0 amide bonds. The van der Waals surface area contributed by atoms with Gasteiger partial charge >= 0.3 is 12.1 Å². The molecule has 3 atom stereocenters. The number of carbonyl (C=O) groups is 2. The average Bonchev–Trinajstić information content (AvgIpc) is 3.12. The number of hydrogen-bond acceptors (Lipinski definition) is 5. The van der Waals surface area contributed by atoms with Gasteiger partial charge in [0, 0.05) is 18.8 Å². The largest absolute Gasteiger partial charge is 0.491 e. The lowest BCUT2D eigenvalue weighted by Gasteiger charge is -2.16. The molecule has 1 aromatic rings. The monoisotopic (exact) mass is 470 g/mol. The maximum atomic E-state index is 12.8. The summed E-state index contributed by atoms with van der Waals surface area (Å²) >= 11 is 0. The molecule has 0 bridgehead atoms. The first-order valence-corrected chi connectivity index (χ1v) is 11.6. The molecule has 1 N–H and O–H groups in total. The smallest absolute Gasteiger partial charge is 0.416 e. The number of hydrogen-bond donors (Lipinski definition) is 1. The van der Waals surface area contributed by atoms with Gasteiger partial charge < -0.3 is 14.6 Å². The zero-order valence-electron chi connectivity index (χ0n) is 19.0. The summed E-state index contributed by atoms with van der Waals surface area (Å²) in [7, 11) is 0. The van der Waals surface area contributed by atoms with E-state index in [2.05, 4.69) is 0 Å². The van der Waals surface area contributed by atoms with Crippen LogP contribution in [0.5, 0.6) is 5.75 Å². The third-order valence-electron chi connectivity index (χ3n) is 5.77. The summed E-state index contributed by atoms with van der Waals surface area (Å²) in [5.74, 6) is 0.0485. The highest BCUT2D eigenvalue weighted by Crippen LogP contribution is 2.34. The normalized spacial score (nSPS) is 19.7. The van der Waals surface area contributed by atoms with E-state index in [-0.39, 0.29) is 35.9 Å². The van der Waals surface area contributed by atoms with Crippen molar-refractivity contribution >= 4 is 11.8 Å². The number of ketones is 1. The Hall–Kier alpha value is -2.35. The van der Waals surface area contributed by atoms with Gasteiger partial charge in [-0.3, -0.25) is 9.59 Å². The molecule has 2 rings (SSSR count). The molecule has 0 aromatic heterocycles. The second kappa shape index (κ2) is 13.4. The van der Waals surface area contributed by atoms with E-state index < -0.39 is 17.8 Å². The van der Waals surface area contributed by atoms with E-state index in [1.54, 1.807) is 13.0 Å². The molecule has 184 valence electrons. The summed E-state index contributed by atoms with van der Waals surface area (Å²) in [6.45, 7) is 2.00. The number of aliphatic hydroxyl groups excluding tert-OH is 1. The molecule has 8 heteroatoms. The number of esters is 1. The van der Waals surface area contributed by atoms with E-state index >= 15 is 0 Å². The summed E-state index contributed by atoms with van der Waals surface area (Å²) in [4.78, 5) is 23.6. The highest BCUT2D eigenvalue weighted by Gasteiger charge is 2.32. The molecule has 0 heterocycles. The second-order valence-corrected chi connectivity index (χ2v) is 8.32. The Morgan fingerprint density at radius 2 is 2.00 bits per heavy atom. The Labute approximate surface area is 193 Å². The van der Waals surface area contributed by atoms with E-state index in [1.807, 2.05) is 6.08 Å². The van der Waals surface area contributed by atoms with Crippen molar-refractivity contribution in [2.24, 2.45) is 11.8 Å². The Balaban J connectivity index is 1.73. The zero-order chi connectivity index (χ0) is 24.3. The number of halogens is 3. The Morgan fingerprint density at radius 1 is 1.24 bits per heavy atom. The molecule has 1 saturated carbocycles. The van der Waals surface area contributed by atoms with Crippen LogP contribution in [-0.2, 0) is 20.5 Å². The molecular formula is C25H33F3O5. The van der Waals surface area contributed by atoms with Crippen LogP contribution in [0.4, 0.5) is 13.2 Å². The topological polar surface area (TPSA) is 72.8 Å². The van der Waals surface area contributed by atoms with Gasteiger partial charge in [-0.2, -0.15) is 13.2 Å². The summed E-state index contributed by atoms with van der Waals surface area (Å²) in [6, 6.07) is 4.52. The Kier molecular flexibility index (Phi) is 10.9. The second-order valence-electron chi connectivity index (χ2n) is 8.32. The minimum Gasteiger partial charge on any atom is -0.491 e. The number of aliphatic hydroxyl groups is 1. The number of carbonyl (C=O) groups excluding carboxylic acids is 2. The molecule has 1 aliphatic rings. The first-order chi connectivity index (χ1) is 15.7. The van der Waals surface area contributed by atoms with E-state index in [0.717, 1.165) is 50.7 Å². The number of allylic oxidation sites excluding steroid dienone is 1. The van der Waals surface area contributed by atoms with E-state index in [0.29, 0.717) is 19.4 Å². The Bertz CT molecular complexity index is 790. The fourth-order valence-corrected chi connectivity index (χ4v) is 4.03. The highest BCUT2D eigenvalue weighted by molar-refractivity contribution is 5.83. The van der Waals surface area contributed by atoms with Crippen LogP contribution in [0.25, 0.3) is 0 Å². The van der Waals surface area contributed by atoms with Crippen molar-refractivity contribution in [1.82, 2.24) is 0 Å². The molecule has 0 spiro atoms. The van der Waals surface area contributed by atoms with E-state index in [9.17, 15) is 27.9 Å². The molecule has 0 saturated heterocycles. The van der Waals surface area contributed by atoms with Gasteiger partial charge in [0.2, 0.25) is 0 Å². The third-order valence-corrected chi connectivity index (χ3v) is 5.77. The predicted octanol–water partition coefficient (Wildman–Crippen LogP) is 5.50. The fourth-order valence-electron chi connectivity index (χ4n) is 4.03. The van der Waals surface area contributed by atoms with Crippen LogP contribution in [0.2, 0.25) is 0 Å². The molecule has 1 aromatic carbocycles. The van der Waals surface area contributed by atoms with Crippen molar-refractivity contribution in [1.29, 1.82) is 0 Å². The minimum absolute atomic E-state index is 0.0363. The van der Waals surface area contributed by atoms with Gasteiger partial charge in [0.25, 0.3) is 0 Å². The van der Waals surface area contributed by atoms with Gasteiger partial charge in [0.05, 0.1) is 12.2 Å². The van der Waals surface area contributed by atoms with Crippen LogP contribution >= 0.6 is 0 Å². The lowest BCUT2D eigenvalue weighted by molar-refractivity contribution is -0.143. The minimum atomic E-state index is -4.46. The van der Waals surface area contributed by atoms with Crippen LogP contribution in [-0.4, -0.2) is 36.2 Å². The SMILES string of the molecule is CCOC(=O)CCCCCC[C@@H]1C(=O)CC[C@@H]1/C=C/[C@H](O)COc1cccc(C(F)(F)F)c1. The fraction of sp³-hybridized carbons (Fsp3) is 0.600. The van der Waals surface area contributed by atoms with Gasteiger partial charge in [-0.05, 0) is 50.3 Å². The van der Waals surface area contributed by atoms with Crippen molar-refractivity contribution in [2.45, 2.75) is 70.6 Å². The van der Waals surface area contributed by atoms with E-state index in [1.165, 1.54) is 12.1 Å². The molecule has 33 heavy (non-hydrogen) atoms. The quantitative estimate of drug-likeness (QED) is 0.234. The number of rotatable bonds is 13. The van der Waals surface area contributed by atoms with Gasteiger partial charge in [0.1, 0.15) is 24.2 Å². The van der Waals surface area contributed by atoms with Crippen LogP contribution in [0.1, 0.15) is 63.9 Å². The average molecular weight is 471 g/mol. The number of Topliss-reactive ketones (excluding diaryl/α,β-unsaturated/α-hetero) is 1. The van der Waals surface area contributed by atoms with Crippen molar-refractivity contribution < 1.29 is 37.3 Å². The van der Waals surface area contributed by atoms with Gasteiger partial charge in [-0.15, -0.1) is 0 Å². The maximum absolute atomic E-state index is 12.8. The predicted molar refractivity (Wildman–Crippen MR) is 118 cm³/mol. The molecule has 1 aliphatic carbocycles. The van der Waals surface area contributed by atoms with Crippen molar-refractivity contribution in [2.75, 3.05) is 13.2 Å². The molecule has 0 radical (unpaired) electrons. The highest BCUT2D eigenvalue weighted by atomic mass is 19.4. The standard InChI is InChI=1S/C25H33F3O5/c1-2-32-24(31)11-6-4-3-5-10-22-18(13-15-23(22)30)12-14-20(29)17-33-21-9-7-8-19(16-21)25(26,27)28/h7-9,12,14,16,18,20,22,29H,2-6,10-11,13,15,17H2,1H3/b14-12+/t18-,20-,22-/m0/s1. The summed E-state index contributed by atoms with van der Waals surface area (Å²) in [6.07, 6.45) is 3.89. The molecular weight excluding hydrogens is 437 g/mol. The maximum Gasteiger partial charge on any atom is 0.416 e. The number of ether oxygens (including phenoxy) is 2. The van der Waals surface area contributed by atoms with Gasteiger partial charge in [0.15, 0.2) is 0 Å². The van der Waals surface area contributed by atoms with Crippen molar-refractivity contribution in [3.8, 4) is 5.75 Å². The molecule has 1 fully saturated rings. The zero-order valence-corrected chi connectivity index (χ0v) is 19.0. The number of benzene rings is 1. The first kappa shape index (κ1) is 26.9. The summed E-state index contributed by atoms with van der Waals surface area (Å²) in [5.41, 5.74) is -0.807. The van der Waals surface area contributed by atoms with Crippen LogP contribution in [0.15, 0.2) is 36.4 Å². The lowest BCUT2D eigenvalue weighted by atomic mass is 9.89. The molecule has 5 nitrogen and oxygen atoms in total. The number of unbranched alkanes of at least 4 members (excludes halogenated alkanes) is 3. The number of alkyl halides is 3. The summed E-state index contributed by atoms with van der Waals surface area (Å²) in [5, 5.41) is 10.2. The lowest BCUT2D eigenvalue weighted by Crippen LogP contribution is -2.17. The van der Waals surface area contributed by atoms with Gasteiger partial charge in [-0.1, -0.05) is 37.5 Å². The Morgan fingerprint density at radius 3 is 2.73 bits per heavy atom. The van der Waals surface area contributed by atoms with Crippen molar-refractivity contribution in [3.63, 3.8) is 0 Å². The first-order valence-electron chi connectivity index (χ1n) is 11.6. The molecule has 0 aliphatic heterocycles. The van der Waals surface area contributed by atoms with Crippen LogP contribution in [0, 0.1) is 11.8 Å². The third kappa shape index (κ3) is 9.58. The summed E-state index contributed by atoms with van der Waals surface area (Å²) < 4.78 is 48.5. The van der Waals surface area contributed by atoms with Crippen LogP contribution < -0.4 is 4.74 Å². The van der Waals surface area contributed by atoms with Crippen LogP contribution in [0.3, 0.4) is 0 Å². The van der Waals surface area contributed by atoms with Crippen molar-refractivity contribution in [3.05, 3.63) is 42.0 Å².